The first-order valence-electron chi connectivity index (χ1n) is 9.52. The molecule has 4 aromatic rings. The average molecular weight is 508 g/mol. The van der Waals surface area contributed by atoms with Crippen LogP contribution in [0.4, 0.5) is 29.1 Å². The van der Waals surface area contributed by atoms with Crippen LogP contribution in [-0.2, 0) is 17.5 Å². The van der Waals surface area contributed by atoms with Gasteiger partial charge in [0.25, 0.3) is 5.91 Å². The van der Waals surface area contributed by atoms with Crippen molar-refractivity contribution in [2.45, 2.75) is 12.7 Å². The van der Waals surface area contributed by atoms with E-state index in [2.05, 4.69) is 15.4 Å². The minimum absolute atomic E-state index is 0.0109. The number of rotatable bonds is 6. The zero-order valence-corrected chi connectivity index (χ0v) is 18.0. The van der Waals surface area contributed by atoms with Gasteiger partial charge < -0.3 is 21.2 Å². The van der Waals surface area contributed by atoms with E-state index in [-0.39, 0.29) is 31.9 Å². The van der Waals surface area contributed by atoms with E-state index < -0.39 is 46.8 Å². The molecule has 0 aliphatic heterocycles. The Morgan fingerprint density at radius 1 is 1.20 bits per heavy atom. The van der Waals surface area contributed by atoms with Gasteiger partial charge in [-0.05, 0) is 34.2 Å². The number of carbonyl (C=O) groups is 2. The molecule has 2 amide bonds. The minimum Gasteiger partial charge on any atom is -0.365 e. The number of pyridine rings is 1. The number of benzene rings is 1. The van der Waals surface area contributed by atoms with Crippen LogP contribution in [0.25, 0.3) is 21.3 Å². The van der Waals surface area contributed by atoms with Gasteiger partial charge in [0.05, 0.1) is 23.0 Å². The topological polar surface area (TPSA) is 146 Å². The zero-order chi connectivity index (χ0) is 25.5. The molecule has 10 nitrogen and oxygen atoms in total. The van der Waals surface area contributed by atoms with Gasteiger partial charge in [-0.15, -0.1) is 11.3 Å². The zero-order valence-electron chi connectivity index (χ0n) is 17.2. The Bertz CT molecular complexity index is 1480. The highest BCUT2D eigenvalue weighted by atomic mass is 32.1. The third kappa shape index (κ3) is 4.79. The molecular formula is C20H12F4N6O4S. The van der Waals surface area contributed by atoms with E-state index in [4.69, 9.17) is 5.73 Å². The number of fused-ring (bicyclic) bond motifs is 1. The molecule has 0 unspecified atom stereocenters. The first kappa shape index (κ1) is 23.7. The molecular weight excluding hydrogens is 496 g/mol. The molecule has 0 aliphatic carbocycles. The number of halogens is 4. The fraction of sp³-hybridized carbons (Fsp3) is 0.100. The van der Waals surface area contributed by atoms with Crippen LogP contribution in [-0.4, -0.2) is 31.5 Å². The van der Waals surface area contributed by atoms with E-state index in [1.165, 1.54) is 18.3 Å². The van der Waals surface area contributed by atoms with Crippen LogP contribution in [0.1, 0.15) is 15.4 Å². The second-order valence-electron chi connectivity index (χ2n) is 7.09. The molecule has 4 rings (SSSR count). The first-order valence-corrected chi connectivity index (χ1v) is 10.3. The predicted octanol–water partition coefficient (Wildman–Crippen LogP) is 3.96. The number of amides is 2. The fourth-order valence-electron chi connectivity index (χ4n) is 3.26. The van der Waals surface area contributed by atoms with Crippen LogP contribution in [0.3, 0.4) is 0 Å². The summed E-state index contributed by atoms with van der Waals surface area (Å²) < 4.78 is 55.0. The van der Waals surface area contributed by atoms with Gasteiger partial charge in [0.1, 0.15) is 27.8 Å². The van der Waals surface area contributed by atoms with Crippen LogP contribution >= 0.6 is 11.3 Å². The Hall–Kier alpha value is -4.40. The lowest BCUT2D eigenvalue weighted by Crippen LogP contribution is -2.21. The Kier molecular flexibility index (Phi) is 5.94. The van der Waals surface area contributed by atoms with Gasteiger partial charge >= 0.3 is 12.0 Å². The van der Waals surface area contributed by atoms with Crippen molar-refractivity contribution >= 4 is 44.9 Å². The highest BCUT2D eigenvalue weighted by Crippen LogP contribution is 2.43. The fourth-order valence-corrected chi connectivity index (χ4v) is 4.26. The van der Waals surface area contributed by atoms with Gasteiger partial charge in [0, 0.05) is 5.39 Å². The monoisotopic (exact) mass is 508 g/mol. The number of thiophene rings is 1. The van der Waals surface area contributed by atoms with Crippen LogP contribution in [0.2, 0.25) is 0 Å². The van der Waals surface area contributed by atoms with Crippen LogP contribution in [0.15, 0.2) is 42.6 Å². The molecule has 0 bridgehead atoms. The number of nitrogens with two attached hydrogens (primary N) is 1. The van der Waals surface area contributed by atoms with Gasteiger partial charge in [-0.2, -0.15) is 17.9 Å². The molecule has 3 N–H and O–H groups in total. The van der Waals surface area contributed by atoms with Gasteiger partial charge in [-0.3, -0.25) is 9.59 Å². The molecule has 3 aromatic heterocycles. The van der Waals surface area contributed by atoms with Crippen LogP contribution < -0.4 is 11.1 Å². The van der Waals surface area contributed by atoms with E-state index in [1.807, 2.05) is 0 Å². The third-order valence-corrected chi connectivity index (χ3v) is 5.81. The second-order valence-corrected chi connectivity index (χ2v) is 8.09. The molecule has 3 heterocycles. The van der Waals surface area contributed by atoms with Crippen molar-refractivity contribution in [3.8, 4) is 11.1 Å². The van der Waals surface area contributed by atoms with Crippen molar-refractivity contribution < 1.29 is 32.1 Å². The molecule has 0 aliphatic rings. The molecule has 0 saturated carbocycles. The van der Waals surface area contributed by atoms with E-state index >= 15 is 0 Å². The summed E-state index contributed by atoms with van der Waals surface area (Å²) in [7, 11) is 0. The number of carbonyl (C=O) groups excluding carboxylic acids is 2. The molecule has 35 heavy (non-hydrogen) atoms. The lowest BCUT2D eigenvalue weighted by molar-refractivity contribution is -0.389. The summed E-state index contributed by atoms with van der Waals surface area (Å²) in [6, 6.07) is 6.34. The maximum Gasteiger partial charge on any atom is 0.433 e. The van der Waals surface area contributed by atoms with E-state index in [0.29, 0.717) is 11.3 Å². The molecule has 15 heteroatoms. The number of anilines is 1. The minimum atomic E-state index is -4.84. The first-order chi connectivity index (χ1) is 16.4. The third-order valence-electron chi connectivity index (χ3n) is 4.72. The van der Waals surface area contributed by atoms with Crippen molar-refractivity contribution in [3.63, 3.8) is 0 Å². The lowest BCUT2D eigenvalue weighted by Gasteiger charge is -2.12. The number of hydrogen-bond donors (Lipinski definition) is 2. The van der Waals surface area contributed by atoms with Crippen LogP contribution in [0.5, 0.6) is 0 Å². The molecule has 0 atom stereocenters. The van der Waals surface area contributed by atoms with Gasteiger partial charge in [-0.25, -0.2) is 9.37 Å². The highest BCUT2D eigenvalue weighted by Gasteiger charge is 2.35. The van der Waals surface area contributed by atoms with Crippen molar-refractivity contribution in [2.75, 3.05) is 5.32 Å². The van der Waals surface area contributed by atoms with Crippen molar-refractivity contribution in [1.29, 1.82) is 0 Å². The largest absolute Gasteiger partial charge is 0.433 e. The number of hydrogen-bond acceptors (Lipinski definition) is 7. The summed E-state index contributed by atoms with van der Waals surface area (Å²) in [5.74, 6) is -2.95. The predicted molar refractivity (Wildman–Crippen MR) is 116 cm³/mol. The molecule has 0 radical (unpaired) electrons. The van der Waals surface area contributed by atoms with Crippen molar-refractivity contribution in [3.05, 3.63) is 69.1 Å². The number of primary amides is 1. The number of nitrogens with zero attached hydrogens (tertiary/aromatic N) is 4. The van der Waals surface area contributed by atoms with Crippen molar-refractivity contribution in [1.82, 2.24) is 14.8 Å². The summed E-state index contributed by atoms with van der Waals surface area (Å²) in [5.41, 5.74) is 4.04. The lowest BCUT2D eigenvalue weighted by atomic mass is 10.0. The van der Waals surface area contributed by atoms with E-state index in [1.54, 1.807) is 0 Å². The van der Waals surface area contributed by atoms with Gasteiger partial charge in [0.15, 0.2) is 0 Å². The van der Waals surface area contributed by atoms with E-state index in [0.717, 1.165) is 28.9 Å². The summed E-state index contributed by atoms with van der Waals surface area (Å²) in [5, 5.41) is 16.8. The summed E-state index contributed by atoms with van der Waals surface area (Å²) >= 11 is 0.544. The van der Waals surface area contributed by atoms with Gasteiger partial charge in [-0.1, -0.05) is 12.1 Å². The number of aromatic nitrogens is 3. The quantitative estimate of drug-likeness (QED) is 0.229. The highest BCUT2D eigenvalue weighted by molar-refractivity contribution is 7.21. The molecule has 0 spiro atoms. The van der Waals surface area contributed by atoms with Crippen molar-refractivity contribution in [2.24, 2.45) is 5.73 Å². The Labute approximate surface area is 196 Å². The number of nitrogens with one attached hydrogen (secondary N) is 1. The maximum absolute atomic E-state index is 13.5. The molecule has 1 aromatic carbocycles. The van der Waals surface area contributed by atoms with Gasteiger partial charge in [0.2, 0.25) is 5.91 Å². The molecule has 180 valence electrons. The normalized spacial score (nSPS) is 11.5. The van der Waals surface area contributed by atoms with E-state index in [9.17, 15) is 37.3 Å². The number of alkyl halides is 3. The average Bonchev–Trinajstić information content (AvgIpc) is 3.38. The summed E-state index contributed by atoms with van der Waals surface area (Å²) in [4.78, 5) is 37.8. The smallest absolute Gasteiger partial charge is 0.365 e. The summed E-state index contributed by atoms with van der Waals surface area (Å²) in [6.07, 6.45) is -3.66. The maximum atomic E-state index is 13.5. The molecule has 0 fully saturated rings. The Morgan fingerprint density at radius 3 is 2.46 bits per heavy atom. The molecule has 0 saturated heterocycles. The summed E-state index contributed by atoms with van der Waals surface area (Å²) in [6.45, 7) is -0.511. The van der Waals surface area contributed by atoms with Crippen LogP contribution in [0, 0.1) is 15.9 Å². The standard InChI is InChI=1S/C20H12F4N6O4S/c21-10-3-1-9(2-4-10)11-7-12(20(22,23)24)26-19-15(11)16(17(35-19)18(25)32)27-14(31)8-29-6-5-13(28-29)30(33)34/h1-7H,8H2,(H2,25,32)(H,27,31). The Balaban J connectivity index is 1.85. The SMILES string of the molecule is NC(=O)c1sc2nc(C(F)(F)F)cc(-c3ccc(F)cc3)c2c1NC(=O)Cn1ccc([N+](=O)[O-])n1. The number of nitro groups is 1. The Morgan fingerprint density at radius 2 is 1.89 bits per heavy atom. The second kappa shape index (κ2) is 8.75.